The molecule has 0 aliphatic carbocycles. The molecule has 0 fully saturated rings. The number of carbonyl (C=O) groups excluding carboxylic acids is 1. The summed E-state index contributed by atoms with van der Waals surface area (Å²) in [4.78, 5) is 11.2. The molecule has 1 aromatic rings. The molecule has 3 nitrogen and oxygen atoms in total. The lowest BCUT2D eigenvalue weighted by molar-refractivity contribution is -0.774. The van der Waals surface area contributed by atoms with Crippen LogP contribution in [0.25, 0.3) is 0 Å². The molecule has 0 radical (unpaired) electrons. The molecule has 1 amide bonds. The van der Waals surface area contributed by atoms with Crippen LogP contribution in [-0.2, 0) is 4.28 Å². The van der Waals surface area contributed by atoms with E-state index in [-0.39, 0.29) is 5.91 Å². The van der Waals surface area contributed by atoms with Gasteiger partial charge in [-0.25, -0.2) is 4.79 Å². The molecule has 5 heteroatoms. The molecule has 0 spiro atoms. The van der Waals surface area contributed by atoms with Crippen molar-refractivity contribution in [3.8, 4) is 0 Å². The van der Waals surface area contributed by atoms with Crippen LogP contribution in [-0.4, -0.2) is 5.91 Å². The molecule has 12 heavy (non-hydrogen) atoms. The Morgan fingerprint density at radius 2 is 2.17 bits per heavy atom. The van der Waals surface area contributed by atoms with Crippen LogP contribution in [0.4, 0.5) is 0 Å². The molecule has 2 N–H and O–H groups in total. The summed E-state index contributed by atoms with van der Waals surface area (Å²) in [6, 6.07) is 7.11. The molecule has 0 atom stereocenters. The Morgan fingerprint density at radius 3 is 2.75 bits per heavy atom. The van der Waals surface area contributed by atoms with Crippen molar-refractivity contribution in [2.45, 2.75) is 0 Å². The van der Waals surface area contributed by atoms with E-state index in [9.17, 15) is 4.79 Å². The van der Waals surface area contributed by atoms with Crippen LogP contribution < -0.4 is 5.48 Å². The highest BCUT2D eigenvalue weighted by molar-refractivity contribution is 9.10. The van der Waals surface area contributed by atoms with Gasteiger partial charge in [0.05, 0.1) is 5.56 Å². The molecule has 0 saturated carbocycles. The Bertz CT molecular complexity index is 292. The third-order valence-corrected chi connectivity index (χ3v) is 2.10. The number of carbonyl (C=O) groups is 1. The first-order valence-electron chi connectivity index (χ1n) is 3.18. The number of hydrogen-bond donors (Lipinski definition) is 2. The average molecular weight is 249 g/mol. The van der Waals surface area contributed by atoms with Crippen molar-refractivity contribution in [3.05, 3.63) is 34.3 Å². The first-order valence-corrected chi connectivity index (χ1v) is 4.34. The minimum atomic E-state index is -0.211. The monoisotopic (exact) mass is 248 g/mol. The second-order valence-corrected chi connectivity index (χ2v) is 3.13. The summed E-state index contributed by atoms with van der Waals surface area (Å²) in [6.45, 7) is 0. The van der Waals surface area contributed by atoms with Gasteiger partial charge >= 0.3 is 5.91 Å². The zero-order valence-corrected chi connectivity index (χ0v) is 8.51. The molecule has 0 heterocycles. The molecule has 0 aromatic heterocycles. The molecule has 0 saturated heterocycles. The van der Waals surface area contributed by atoms with Crippen molar-refractivity contribution in [2.24, 2.45) is 0 Å². The Hall–Kier alpha value is -0.360. The number of quaternary nitrogens is 1. The highest BCUT2D eigenvalue weighted by atomic mass is 79.9. The maximum Gasteiger partial charge on any atom is 0.376 e. The number of amides is 1. The summed E-state index contributed by atoms with van der Waals surface area (Å²) in [6.07, 6.45) is 0. The number of halogens is 1. The van der Waals surface area contributed by atoms with E-state index in [0.717, 1.165) is 9.95 Å². The number of primary amides is 1. The van der Waals surface area contributed by atoms with Gasteiger partial charge in [-0.3, -0.25) is 0 Å². The summed E-state index contributed by atoms with van der Waals surface area (Å²) in [5.41, 5.74) is 1.61. The topological polar surface area (TPSA) is 42.9 Å². The fourth-order valence-corrected chi connectivity index (χ4v) is 1.35. The zero-order valence-electron chi connectivity index (χ0n) is 6.03. The Morgan fingerprint density at radius 1 is 1.50 bits per heavy atom. The highest BCUT2D eigenvalue weighted by Gasteiger charge is 2.12. The summed E-state index contributed by atoms with van der Waals surface area (Å²) < 4.78 is 5.06. The lowest BCUT2D eigenvalue weighted by Crippen LogP contribution is -2.85. The number of rotatable bonds is 2. The molecule has 0 aliphatic heterocycles. The molecule has 0 aliphatic rings. The quantitative estimate of drug-likeness (QED) is 0.465. The van der Waals surface area contributed by atoms with E-state index in [1.54, 1.807) is 18.2 Å². The van der Waals surface area contributed by atoms with E-state index in [1.165, 1.54) is 0 Å². The molecule has 1 rings (SSSR count). The van der Waals surface area contributed by atoms with Crippen LogP contribution in [0.15, 0.2) is 28.7 Å². The van der Waals surface area contributed by atoms with Crippen LogP contribution in [0.2, 0.25) is 0 Å². The normalized spacial score (nSPS) is 9.83. The van der Waals surface area contributed by atoms with Crippen molar-refractivity contribution in [3.63, 3.8) is 0 Å². The fraction of sp³-hybridized carbons (Fsp3) is 0. The van der Waals surface area contributed by atoms with Crippen LogP contribution in [0.3, 0.4) is 0 Å². The number of thiol groups is 1. The van der Waals surface area contributed by atoms with Gasteiger partial charge in [0.15, 0.2) is 0 Å². The predicted octanol–water partition coefficient (Wildman–Crippen LogP) is 0.929. The smallest absolute Gasteiger partial charge is 0.222 e. The lowest BCUT2D eigenvalue weighted by atomic mass is 10.2. The largest absolute Gasteiger partial charge is 0.376 e. The van der Waals surface area contributed by atoms with Crippen molar-refractivity contribution in [2.75, 3.05) is 0 Å². The van der Waals surface area contributed by atoms with Crippen molar-refractivity contribution < 1.29 is 14.6 Å². The number of hydroxylamine groups is 1. The zero-order chi connectivity index (χ0) is 8.97. The lowest BCUT2D eigenvalue weighted by Gasteiger charge is -1.97. The average Bonchev–Trinajstić information content (AvgIpc) is 2.05. The summed E-state index contributed by atoms with van der Waals surface area (Å²) in [5.74, 6) is -0.211. The summed E-state index contributed by atoms with van der Waals surface area (Å²) >= 11 is 6.70. The minimum Gasteiger partial charge on any atom is -0.222 e. The van der Waals surface area contributed by atoms with E-state index in [1.807, 2.05) is 6.07 Å². The predicted molar refractivity (Wildman–Crippen MR) is 50.5 cm³/mol. The van der Waals surface area contributed by atoms with Gasteiger partial charge < -0.3 is 0 Å². The van der Waals surface area contributed by atoms with E-state index in [0.29, 0.717) is 5.56 Å². The fourth-order valence-electron chi connectivity index (χ4n) is 0.772. The Balaban J connectivity index is 2.87. The molecule has 0 unspecified atom stereocenters. The van der Waals surface area contributed by atoms with Crippen molar-refractivity contribution >= 4 is 34.7 Å². The number of nitrogens with two attached hydrogens (primary N) is 1. The van der Waals surface area contributed by atoms with Crippen LogP contribution in [0, 0.1) is 0 Å². The highest BCUT2D eigenvalue weighted by Crippen LogP contribution is 2.14. The van der Waals surface area contributed by atoms with E-state index in [4.69, 9.17) is 0 Å². The van der Waals surface area contributed by atoms with Gasteiger partial charge in [-0.05, 0) is 28.1 Å². The van der Waals surface area contributed by atoms with Gasteiger partial charge in [0.1, 0.15) is 0 Å². The van der Waals surface area contributed by atoms with Crippen LogP contribution in [0.1, 0.15) is 10.4 Å². The second kappa shape index (κ2) is 4.61. The van der Waals surface area contributed by atoms with Gasteiger partial charge in [0.2, 0.25) is 0 Å². The van der Waals surface area contributed by atoms with Crippen LogP contribution >= 0.6 is 28.8 Å². The number of benzene rings is 1. The van der Waals surface area contributed by atoms with Gasteiger partial charge in [0.25, 0.3) is 0 Å². The maximum atomic E-state index is 11.2. The molecule has 0 bridgehead atoms. The third kappa shape index (κ3) is 2.31. The van der Waals surface area contributed by atoms with E-state index < -0.39 is 0 Å². The third-order valence-electron chi connectivity index (χ3n) is 1.30. The summed E-state index contributed by atoms with van der Waals surface area (Å²) in [7, 11) is 0. The number of hydrogen-bond acceptors (Lipinski definition) is 3. The van der Waals surface area contributed by atoms with Gasteiger partial charge in [-0.1, -0.05) is 12.1 Å². The van der Waals surface area contributed by atoms with Gasteiger partial charge in [-0.15, -0.1) is 9.76 Å². The molecular weight excluding hydrogens is 242 g/mol. The van der Waals surface area contributed by atoms with Gasteiger partial charge in [-0.2, -0.15) is 0 Å². The minimum absolute atomic E-state index is 0.211. The van der Waals surface area contributed by atoms with Crippen molar-refractivity contribution in [1.82, 2.24) is 0 Å². The SMILES string of the molecule is O=C([NH2+]OS)c1ccccc1Br. The standard InChI is InChI=1S/C7H6BrNO2S/c8-6-4-2-1-3-5(6)7(10)9-11-12/h1-4,12H,(H,9,10)/p+1. The summed E-state index contributed by atoms with van der Waals surface area (Å²) in [5, 5.41) is 0. The van der Waals surface area contributed by atoms with E-state index in [2.05, 4.69) is 33.1 Å². The van der Waals surface area contributed by atoms with E-state index >= 15 is 0 Å². The van der Waals surface area contributed by atoms with Crippen LogP contribution in [0.5, 0.6) is 0 Å². The molecule has 64 valence electrons. The Kier molecular flexibility index (Phi) is 3.74. The molecule has 1 aromatic carbocycles. The van der Waals surface area contributed by atoms with Gasteiger partial charge in [0, 0.05) is 17.4 Å². The first kappa shape index (κ1) is 9.73. The maximum absolute atomic E-state index is 11.2. The van der Waals surface area contributed by atoms with Crippen molar-refractivity contribution in [1.29, 1.82) is 0 Å². The first-order chi connectivity index (χ1) is 5.75. The second-order valence-electron chi connectivity index (χ2n) is 2.07. The molecular formula is C7H7BrNO2S+. The Labute approximate surface area is 83.8 Å².